The smallest absolute Gasteiger partial charge is 0.181 e. The van der Waals surface area contributed by atoms with Gasteiger partial charge >= 0.3 is 0 Å². The zero-order valence-corrected chi connectivity index (χ0v) is 6.80. The molecule has 0 spiro atoms. The van der Waals surface area contributed by atoms with E-state index in [4.69, 9.17) is 33.7 Å². The first-order valence-electron chi connectivity index (χ1n) is 1.73. The van der Waals surface area contributed by atoms with Crippen molar-refractivity contribution in [3.05, 3.63) is 0 Å². The van der Waals surface area contributed by atoms with Gasteiger partial charge in [-0.3, -0.25) is 0 Å². The third-order valence-electron chi connectivity index (χ3n) is 0.121. The molecule has 0 unspecified atom stereocenters. The van der Waals surface area contributed by atoms with E-state index in [0.29, 0.717) is 11.8 Å². The highest BCUT2D eigenvalue weighted by Gasteiger charge is 1.61. The van der Waals surface area contributed by atoms with Crippen LogP contribution in [0.2, 0.25) is 0 Å². The lowest BCUT2D eigenvalue weighted by atomic mass is 10.9. The lowest BCUT2D eigenvalue weighted by Crippen LogP contribution is -1.63. The molecule has 0 N–H and O–H groups in total. The van der Waals surface area contributed by atoms with Crippen molar-refractivity contribution in [2.75, 3.05) is 11.8 Å². The fraction of sp³-hybridized carbons (Fsp3) is 0.500. The van der Waals surface area contributed by atoms with Gasteiger partial charge in [-0.25, -0.2) is 0 Å². The Balaban J connectivity index is -0.0000000720. The minimum Gasteiger partial charge on any atom is -0.181 e. The average molecular weight is 187 g/mol. The Kier molecular flexibility index (Phi) is 44.0. The minimum atomic E-state index is 0. The monoisotopic (exact) mass is 186 g/mol. The normalized spacial score (nSPS) is 4.44. The second-order valence-electron chi connectivity index (χ2n) is 0.602. The van der Waals surface area contributed by atoms with Gasteiger partial charge in [0, 0.05) is 11.8 Å². The maximum atomic E-state index is 7.26. The topological polar surface area (TPSA) is 47.6 Å². The van der Waals surface area contributed by atoms with Gasteiger partial charge in [0.1, 0.15) is 0 Å². The summed E-state index contributed by atoms with van der Waals surface area (Å²) < 4.78 is 0. The molecule has 0 aromatic carbocycles. The molecule has 0 atom stereocenters. The molecule has 0 rings (SSSR count). The highest BCUT2D eigenvalue weighted by Crippen LogP contribution is 1.75. The number of halogens is 3. The molecular formula is C4H5Cl3N2. The molecule has 0 aromatic rings. The van der Waals surface area contributed by atoms with Crippen LogP contribution in [0.4, 0.5) is 0 Å². The molecule has 0 heterocycles. The molecule has 0 fully saturated rings. The molecule has 0 aliphatic carbocycles. The van der Waals surface area contributed by atoms with Crippen molar-refractivity contribution in [3.8, 4) is 12.1 Å². The summed E-state index contributed by atoms with van der Waals surface area (Å²) in [6.45, 7) is 0. The standard InChI is InChI=1S/C2H4Cl2.C2N2.ClH/c2*3-1-2-4;/h1-2H2;;1H. The first-order chi connectivity index (χ1) is 3.83. The molecular weight excluding hydrogens is 182 g/mol. The molecule has 9 heavy (non-hydrogen) atoms. The van der Waals surface area contributed by atoms with Crippen molar-refractivity contribution in [1.82, 2.24) is 0 Å². The highest BCUT2D eigenvalue weighted by atomic mass is 35.5. The van der Waals surface area contributed by atoms with Gasteiger partial charge in [-0.1, -0.05) is 0 Å². The summed E-state index contributed by atoms with van der Waals surface area (Å²) in [5, 5.41) is 14.5. The summed E-state index contributed by atoms with van der Waals surface area (Å²) in [6, 6.07) is 2.47. The van der Waals surface area contributed by atoms with Crippen LogP contribution in [0.3, 0.4) is 0 Å². The van der Waals surface area contributed by atoms with Crippen LogP contribution in [-0.4, -0.2) is 11.8 Å². The Morgan fingerprint density at radius 1 is 1.00 bits per heavy atom. The molecule has 0 bridgehead atoms. The summed E-state index contributed by atoms with van der Waals surface area (Å²) in [6.07, 6.45) is 0. The van der Waals surface area contributed by atoms with E-state index < -0.39 is 0 Å². The van der Waals surface area contributed by atoms with Crippen LogP contribution in [-0.2, 0) is 0 Å². The van der Waals surface area contributed by atoms with E-state index in [1.165, 1.54) is 12.1 Å². The number of hydrogen-bond acceptors (Lipinski definition) is 2. The van der Waals surface area contributed by atoms with E-state index in [9.17, 15) is 0 Å². The van der Waals surface area contributed by atoms with Gasteiger partial charge in [-0.15, -0.1) is 35.6 Å². The van der Waals surface area contributed by atoms with Gasteiger partial charge in [0.25, 0.3) is 0 Å². The zero-order valence-electron chi connectivity index (χ0n) is 4.47. The zero-order chi connectivity index (χ0) is 6.83. The van der Waals surface area contributed by atoms with Gasteiger partial charge in [0.05, 0.1) is 0 Å². The Morgan fingerprint density at radius 3 is 1.22 bits per heavy atom. The van der Waals surface area contributed by atoms with Crippen LogP contribution >= 0.6 is 35.6 Å². The molecule has 0 saturated carbocycles. The van der Waals surface area contributed by atoms with Gasteiger partial charge in [-0.2, -0.15) is 10.5 Å². The van der Waals surface area contributed by atoms with Crippen molar-refractivity contribution < 1.29 is 0 Å². The number of alkyl halides is 2. The molecule has 2 nitrogen and oxygen atoms in total. The van der Waals surface area contributed by atoms with Crippen LogP contribution in [0.15, 0.2) is 0 Å². The number of rotatable bonds is 1. The molecule has 5 heteroatoms. The SMILES string of the molecule is Cl.ClCCCl.N#CC#N. The largest absolute Gasteiger partial charge is 0.181 e. The van der Waals surface area contributed by atoms with Gasteiger partial charge in [0.2, 0.25) is 0 Å². The fourth-order valence-corrected chi connectivity index (χ4v) is 0. The molecule has 0 aliphatic heterocycles. The maximum Gasteiger partial charge on any atom is 0.181 e. The molecule has 52 valence electrons. The molecule has 0 amide bonds. The van der Waals surface area contributed by atoms with Crippen molar-refractivity contribution in [2.45, 2.75) is 0 Å². The van der Waals surface area contributed by atoms with Crippen LogP contribution in [0.25, 0.3) is 0 Å². The molecule has 0 aliphatic rings. The van der Waals surface area contributed by atoms with E-state index in [1.807, 2.05) is 0 Å². The second-order valence-corrected chi connectivity index (χ2v) is 1.36. The van der Waals surface area contributed by atoms with Crippen molar-refractivity contribution in [2.24, 2.45) is 0 Å². The van der Waals surface area contributed by atoms with Crippen LogP contribution in [0.5, 0.6) is 0 Å². The summed E-state index contributed by atoms with van der Waals surface area (Å²) in [5.74, 6) is 1.11. The van der Waals surface area contributed by atoms with E-state index in [-0.39, 0.29) is 12.4 Å². The van der Waals surface area contributed by atoms with Gasteiger partial charge < -0.3 is 0 Å². The Labute approximate surface area is 70.4 Å². The van der Waals surface area contributed by atoms with Crippen molar-refractivity contribution >= 4 is 35.6 Å². The Morgan fingerprint density at radius 2 is 1.22 bits per heavy atom. The summed E-state index contributed by atoms with van der Waals surface area (Å²) in [7, 11) is 0. The molecule has 0 aromatic heterocycles. The van der Waals surface area contributed by atoms with E-state index in [1.54, 1.807) is 0 Å². The van der Waals surface area contributed by atoms with E-state index in [0.717, 1.165) is 0 Å². The van der Waals surface area contributed by atoms with Crippen LogP contribution in [0.1, 0.15) is 0 Å². The quantitative estimate of drug-likeness (QED) is 0.589. The third-order valence-corrected chi connectivity index (χ3v) is 0.693. The van der Waals surface area contributed by atoms with Crippen LogP contribution < -0.4 is 0 Å². The van der Waals surface area contributed by atoms with Crippen molar-refractivity contribution in [3.63, 3.8) is 0 Å². The van der Waals surface area contributed by atoms with Crippen molar-refractivity contribution in [1.29, 1.82) is 10.5 Å². The van der Waals surface area contributed by atoms with Gasteiger partial charge in [-0.05, 0) is 0 Å². The summed E-state index contributed by atoms with van der Waals surface area (Å²) in [5.41, 5.74) is 0. The highest BCUT2D eigenvalue weighted by molar-refractivity contribution is 6.25. The average Bonchev–Trinajstić information content (AvgIpc) is 1.88. The lowest BCUT2D eigenvalue weighted by molar-refractivity contribution is 1.49. The Bertz CT molecular complexity index is 87.4. The molecule has 0 radical (unpaired) electrons. The maximum absolute atomic E-state index is 7.26. The number of nitriles is 2. The third kappa shape index (κ3) is 78.5. The van der Waals surface area contributed by atoms with Crippen LogP contribution in [0, 0.1) is 22.7 Å². The lowest BCUT2D eigenvalue weighted by Gasteiger charge is -1.63. The number of hydrogen-bond donors (Lipinski definition) is 0. The number of nitrogens with zero attached hydrogens (tertiary/aromatic N) is 2. The van der Waals surface area contributed by atoms with E-state index >= 15 is 0 Å². The second kappa shape index (κ2) is 24.9. The van der Waals surface area contributed by atoms with E-state index in [2.05, 4.69) is 0 Å². The Hall–Kier alpha value is -0.150. The molecule has 0 saturated heterocycles. The summed E-state index contributed by atoms with van der Waals surface area (Å²) in [4.78, 5) is 0. The van der Waals surface area contributed by atoms with Gasteiger partial charge in [0.15, 0.2) is 12.1 Å². The minimum absolute atomic E-state index is 0. The predicted octanol–water partition coefficient (Wildman–Crippen LogP) is 1.92. The summed E-state index contributed by atoms with van der Waals surface area (Å²) >= 11 is 10.1. The first kappa shape index (κ1) is 15.9. The first-order valence-corrected chi connectivity index (χ1v) is 2.80. The fourth-order valence-electron chi connectivity index (χ4n) is 0. The predicted molar refractivity (Wildman–Crippen MR) is 39.9 cm³/mol.